The monoisotopic (exact) mass is 289 g/mol. The van der Waals surface area contributed by atoms with Gasteiger partial charge in [0.25, 0.3) is 5.91 Å². The highest BCUT2D eigenvalue weighted by molar-refractivity contribution is 5.92. The molecule has 0 spiro atoms. The number of nitrogens with zero attached hydrogens (tertiary/aromatic N) is 3. The number of furan rings is 1. The molecular weight excluding hydrogens is 270 g/mol. The second-order valence-electron chi connectivity index (χ2n) is 5.89. The lowest BCUT2D eigenvalue weighted by atomic mass is 9.83. The predicted octanol–water partition coefficient (Wildman–Crippen LogP) is 1.37. The third-order valence-electron chi connectivity index (χ3n) is 4.04. The van der Waals surface area contributed by atoms with Gasteiger partial charge in [-0.1, -0.05) is 13.8 Å². The van der Waals surface area contributed by atoms with Crippen molar-refractivity contribution in [1.82, 2.24) is 14.7 Å². The van der Waals surface area contributed by atoms with E-state index in [9.17, 15) is 9.90 Å². The van der Waals surface area contributed by atoms with E-state index in [1.165, 1.54) is 0 Å². The van der Waals surface area contributed by atoms with Crippen LogP contribution in [0.25, 0.3) is 0 Å². The molecule has 0 saturated carbocycles. The third kappa shape index (κ3) is 2.58. The topological polar surface area (TPSA) is 71.5 Å². The zero-order chi connectivity index (χ0) is 15.0. The smallest absolute Gasteiger partial charge is 0.289 e. The van der Waals surface area contributed by atoms with E-state index in [1.54, 1.807) is 27.9 Å². The van der Waals surface area contributed by atoms with Crippen molar-refractivity contribution in [2.75, 3.05) is 13.1 Å². The lowest BCUT2D eigenvalue weighted by molar-refractivity contribution is -0.111. The molecule has 0 unspecified atom stereocenters. The van der Waals surface area contributed by atoms with Gasteiger partial charge in [0, 0.05) is 12.4 Å². The summed E-state index contributed by atoms with van der Waals surface area (Å²) >= 11 is 0. The van der Waals surface area contributed by atoms with E-state index in [4.69, 9.17) is 4.42 Å². The molecule has 3 rings (SSSR count). The quantitative estimate of drug-likeness (QED) is 0.922. The van der Waals surface area contributed by atoms with E-state index in [-0.39, 0.29) is 11.8 Å². The standard InChI is InChI=1S/C15H19N3O3/c1-11(2)15(20)9-17(10-15)14(19)13-5-4-12(21-13)8-18-7-3-6-16-18/h3-7,11,20H,8-10H2,1-2H3. The first-order chi connectivity index (χ1) is 9.98. The summed E-state index contributed by atoms with van der Waals surface area (Å²) in [4.78, 5) is 13.9. The summed E-state index contributed by atoms with van der Waals surface area (Å²) in [5.41, 5.74) is -0.764. The normalized spacial score (nSPS) is 17.0. The van der Waals surface area contributed by atoms with Gasteiger partial charge in [-0.2, -0.15) is 5.10 Å². The molecule has 0 bridgehead atoms. The fraction of sp³-hybridized carbons (Fsp3) is 0.467. The molecule has 1 saturated heterocycles. The van der Waals surface area contributed by atoms with Crippen LogP contribution in [0.4, 0.5) is 0 Å². The highest BCUT2D eigenvalue weighted by Gasteiger charge is 2.46. The van der Waals surface area contributed by atoms with E-state index < -0.39 is 5.60 Å². The van der Waals surface area contributed by atoms with Gasteiger partial charge in [-0.25, -0.2) is 0 Å². The minimum atomic E-state index is -0.764. The molecular formula is C15H19N3O3. The van der Waals surface area contributed by atoms with Crippen LogP contribution in [0.2, 0.25) is 0 Å². The second-order valence-corrected chi connectivity index (χ2v) is 5.89. The summed E-state index contributed by atoms with van der Waals surface area (Å²) in [7, 11) is 0. The minimum absolute atomic E-state index is 0.133. The Hall–Kier alpha value is -2.08. The number of rotatable bonds is 4. The Morgan fingerprint density at radius 2 is 2.24 bits per heavy atom. The summed E-state index contributed by atoms with van der Waals surface area (Å²) in [6, 6.07) is 5.29. The number of likely N-dealkylation sites (tertiary alicyclic amines) is 1. The zero-order valence-corrected chi connectivity index (χ0v) is 12.2. The number of β-amino-alcohol motifs (C(OH)–C–C–N with tert-alkyl or cyclic N) is 1. The van der Waals surface area contributed by atoms with Crippen molar-refractivity contribution >= 4 is 5.91 Å². The van der Waals surface area contributed by atoms with Gasteiger partial charge in [0.15, 0.2) is 5.76 Å². The number of amides is 1. The van der Waals surface area contributed by atoms with Crippen LogP contribution in [0.15, 0.2) is 35.0 Å². The number of hydrogen-bond donors (Lipinski definition) is 1. The maximum Gasteiger partial charge on any atom is 0.289 e. The van der Waals surface area contributed by atoms with Crippen LogP contribution in [0, 0.1) is 5.92 Å². The molecule has 6 heteroatoms. The highest BCUT2D eigenvalue weighted by Crippen LogP contribution is 2.30. The summed E-state index contributed by atoms with van der Waals surface area (Å²) in [6.45, 7) is 5.13. The molecule has 112 valence electrons. The summed E-state index contributed by atoms with van der Waals surface area (Å²) in [5, 5.41) is 14.3. The average molecular weight is 289 g/mol. The van der Waals surface area contributed by atoms with E-state index >= 15 is 0 Å². The highest BCUT2D eigenvalue weighted by atomic mass is 16.4. The number of hydrogen-bond acceptors (Lipinski definition) is 4. The van der Waals surface area contributed by atoms with Crippen LogP contribution in [-0.2, 0) is 6.54 Å². The van der Waals surface area contributed by atoms with Crippen molar-refractivity contribution in [3.63, 3.8) is 0 Å². The molecule has 1 N–H and O–H groups in total. The molecule has 0 aliphatic carbocycles. The van der Waals surface area contributed by atoms with Gasteiger partial charge in [0.2, 0.25) is 0 Å². The zero-order valence-electron chi connectivity index (χ0n) is 12.2. The van der Waals surface area contributed by atoms with Gasteiger partial charge >= 0.3 is 0 Å². The van der Waals surface area contributed by atoms with Crippen LogP contribution in [0.5, 0.6) is 0 Å². The van der Waals surface area contributed by atoms with Gasteiger partial charge in [0.1, 0.15) is 11.4 Å². The van der Waals surface area contributed by atoms with Gasteiger partial charge in [-0.3, -0.25) is 9.48 Å². The molecule has 0 atom stereocenters. The Balaban J connectivity index is 1.63. The Bertz CT molecular complexity index is 624. The fourth-order valence-electron chi connectivity index (χ4n) is 2.41. The third-order valence-corrected chi connectivity index (χ3v) is 4.04. The number of aromatic nitrogens is 2. The average Bonchev–Trinajstić information content (AvgIpc) is 3.06. The summed E-state index contributed by atoms with van der Waals surface area (Å²) in [6.07, 6.45) is 3.53. The van der Waals surface area contributed by atoms with Crippen molar-refractivity contribution in [2.45, 2.75) is 26.0 Å². The number of aliphatic hydroxyl groups is 1. The van der Waals surface area contributed by atoms with Gasteiger partial charge in [0.05, 0.1) is 19.6 Å². The van der Waals surface area contributed by atoms with Crippen LogP contribution in [-0.4, -0.2) is 44.4 Å². The first-order valence-corrected chi connectivity index (χ1v) is 7.06. The molecule has 21 heavy (non-hydrogen) atoms. The Morgan fingerprint density at radius 1 is 1.48 bits per heavy atom. The van der Waals surface area contributed by atoms with Gasteiger partial charge in [-0.15, -0.1) is 0 Å². The van der Waals surface area contributed by atoms with Gasteiger partial charge in [-0.05, 0) is 24.1 Å². The maximum atomic E-state index is 12.3. The van der Waals surface area contributed by atoms with Crippen LogP contribution >= 0.6 is 0 Å². The van der Waals surface area contributed by atoms with E-state index in [2.05, 4.69) is 5.10 Å². The molecule has 2 aromatic rings. The van der Waals surface area contributed by atoms with Crippen molar-refractivity contribution in [3.8, 4) is 0 Å². The predicted molar refractivity (Wildman–Crippen MR) is 75.7 cm³/mol. The van der Waals surface area contributed by atoms with Crippen LogP contribution < -0.4 is 0 Å². The summed E-state index contributed by atoms with van der Waals surface area (Å²) in [5.74, 6) is 0.949. The molecule has 0 radical (unpaired) electrons. The Labute approximate surface area is 123 Å². The molecule has 1 fully saturated rings. The lowest BCUT2D eigenvalue weighted by Gasteiger charge is -2.48. The summed E-state index contributed by atoms with van der Waals surface area (Å²) < 4.78 is 7.30. The molecule has 0 aromatic carbocycles. The molecule has 6 nitrogen and oxygen atoms in total. The minimum Gasteiger partial charge on any atom is -0.454 e. The fourth-order valence-corrected chi connectivity index (χ4v) is 2.41. The molecule has 2 aromatic heterocycles. The maximum absolute atomic E-state index is 12.3. The van der Waals surface area contributed by atoms with Gasteiger partial charge < -0.3 is 14.4 Å². The van der Waals surface area contributed by atoms with Crippen molar-refractivity contribution in [2.24, 2.45) is 5.92 Å². The van der Waals surface area contributed by atoms with Crippen molar-refractivity contribution < 1.29 is 14.3 Å². The molecule has 1 aliphatic heterocycles. The Morgan fingerprint density at radius 3 is 2.86 bits per heavy atom. The Kier molecular flexibility index (Phi) is 3.33. The molecule has 3 heterocycles. The van der Waals surface area contributed by atoms with Crippen molar-refractivity contribution in [1.29, 1.82) is 0 Å². The first kappa shape index (κ1) is 13.9. The SMILES string of the molecule is CC(C)C1(O)CN(C(=O)c2ccc(Cn3cccn3)o2)C1. The van der Waals surface area contributed by atoms with E-state index in [0.717, 1.165) is 0 Å². The largest absolute Gasteiger partial charge is 0.454 e. The van der Waals surface area contributed by atoms with E-state index in [0.29, 0.717) is 31.2 Å². The van der Waals surface area contributed by atoms with E-state index in [1.807, 2.05) is 26.1 Å². The number of carbonyl (C=O) groups excluding carboxylic acids is 1. The second kappa shape index (κ2) is 5.04. The molecule has 1 amide bonds. The molecule has 1 aliphatic rings. The van der Waals surface area contributed by atoms with Crippen molar-refractivity contribution in [3.05, 3.63) is 42.1 Å². The van der Waals surface area contributed by atoms with Crippen LogP contribution in [0.3, 0.4) is 0 Å². The first-order valence-electron chi connectivity index (χ1n) is 7.06. The number of carbonyl (C=O) groups is 1. The van der Waals surface area contributed by atoms with Crippen LogP contribution in [0.1, 0.15) is 30.2 Å². The lowest BCUT2D eigenvalue weighted by Crippen LogP contribution is -2.65.